The number of ether oxygens (including phenoxy) is 3. The van der Waals surface area contributed by atoms with Gasteiger partial charge in [0, 0.05) is 6.42 Å². The molecule has 2 aromatic heterocycles. The molecule has 0 radical (unpaired) electrons. The first-order valence-electron chi connectivity index (χ1n) is 12.2. The van der Waals surface area contributed by atoms with E-state index < -0.39 is 73.3 Å². The predicted molar refractivity (Wildman–Crippen MR) is 137 cm³/mol. The van der Waals surface area contributed by atoms with Crippen LogP contribution in [0.3, 0.4) is 0 Å². The van der Waals surface area contributed by atoms with Crippen LogP contribution in [0.4, 0.5) is 5.82 Å². The number of hydrogen-bond acceptors (Lipinski definition) is 13. The van der Waals surface area contributed by atoms with Crippen LogP contribution in [0.5, 0.6) is 0 Å². The van der Waals surface area contributed by atoms with Gasteiger partial charge in [0.25, 0.3) is 5.60 Å². The number of carbonyl (C=O) groups is 3. The Bertz CT molecular complexity index is 1560. The highest BCUT2D eigenvalue weighted by Gasteiger charge is 2.59. The van der Waals surface area contributed by atoms with E-state index in [1.807, 2.05) is 0 Å². The average Bonchev–Trinajstić information content (AvgIpc) is 3.49. The minimum atomic E-state index is -2.79. The lowest BCUT2D eigenvalue weighted by molar-refractivity contribution is -0.217. The molecule has 1 fully saturated rings. The summed E-state index contributed by atoms with van der Waals surface area (Å²) in [7, 11) is 0. The molecule has 42 heavy (non-hydrogen) atoms. The molecular weight excluding hydrogens is 582 g/mol. The van der Waals surface area contributed by atoms with Gasteiger partial charge in [-0.25, -0.2) is 19.4 Å². The van der Waals surface area contributed by atoms with Crippen LogP contribution in [0.15, 0.2) is 36.7 Å². The number of benzene rings is 1. The van der Waals surface area contributed by atoms with Crippen molar-refractivity contribution in [2.45, 2.75) is 48.6 Å². The van der Waals surface area contributed by atoms with Crippen LogP contribution in [0.25, 0.3) is 11.2 Å². The topological polar surface area (TPSA) is 225 Å². The van der Waals surface area contributed by atoms with Crippen molar-refractivity contribution in [1.29, 1.82) is 0 Å². The molecule has 0 aliphatic carbocycles. The number of aromatic nitrogens is 4. The van der Waals surface area contributed by atoms with Crippen LogP contribution < -0.4 is 5.48 Å². The molecule has 5 atom stereocenters. The maximum Gasteiger partial charge on any atom is 0.348 e. The van der Waals surface area contributed by atoms with Crippen molar-refractivity contribution in [1.82, 2.24) is 19.5 Å². The van der Waals surface area contributed by atoms with Crippen LogP contribution in [0.1, 0.15) is 18.2 Å². The highest BCUT2D eigenvalue weighted by molar-refractivity contribution is 6.28. The number of aliphatic carboxylic acids is 2. The first kappa shape index (κ1) is 29.1. The fourth-order valence-corrected chi connectivity index (χ4v) is 4.87. The van der Waals surface area contributed by atoms with Gasteiger partial charge in [0.05, 0.1) is 12.7 Å². The Hall–Kier alpha value is -4.37. The van der Waals surface area contributed by atoms with Gasteiger partial charge in [-0.1, -0.05) is 36.3 Å². The number of aliphatic hydroxyl groups is 2. The predicted octanol–water partition coefficient (Wildman–Crippen LogP) is -0.114. The number of nitrogens with zero attached hydrogens (tertiary/aromatic N) is 4. The maximum absolute atomic E-state index is 12.8. The van der Waals surface area contributed by atoms with Crippen molar-refractivity contribution >= 4 is 46.5 Å². The van der Waals surface area contributed by atoms with E-state index in [-0.39, 0.29) is 22.3 Å². The second kappa shape index (κ2) is 11.1. The molecule has 1 unspecified atom stereocenters. The van der Waals surface area contributed by atoms with Crippen molar-refractivity contribution in [3.05, 3.63) is 47.5 Å². The van der Waals surface area contributed by atoms with Crippen LogP contribution in [0.2, 0.25) is 5.28 Å². The Kier molecular flexibility index (Phi) is 7.72. The summed E-state index contributed by atoms with van der Waals surface area (Å²) < 4.78 is 18.0. The number of carboxylic acid groups (broad SMARTS) is 2. The zero-order chi connectivity index (χ0) is 30.2. The molecule has 3 aromatic rings. The first-order valence-corrected chi connectivity index (χ1v) is 12.5. The number of halogens is 1. The Balaban J connectivity index is 1.47. The largest absolute Gasteiger partial charge is 0.479 e. The van der Waals surface area contributed by atoms with Crippen molar-refractivity contribution in [2.24, 2.45) is 0 Å². The van der Waals surface area contributed by atoms with Gasteiger partial charge in [-0.15, -0.1) is 6.42 Å². The molecule has 220 valence electrons. The molecule has 0 saturated carbocycles. The summed E-state index contributed by atoms with van der Waals surface area (Å²) in [4.78, 5) is 54.3. The maximum atomic E-state index is 12.8. The van der Waals surface area contributed by atoms with E-state index in [0.717, 1.165) is 0 Å². The molecule has 5 N–H and O–H groups in total. The zero-order valence-electron chi connectivity index (χ0n) is 21.3. The number of carbonyl (C=O) groups excluding carboxylic acids is 1. The van der Waals surface area contributed by atoms with E-state index in [4.69, 9.17) is 37.1 Å². The van der Waals surface area contributed by atoms with Crippen LogP contribution in [0, 0.1) is 12.3 Å². The number of nitrogens with one attached hydrogen (secondary N) is 1. The van der Waals surface area contributed by atoms with Gasteiger partial charge in [0.2, 0.25) is 5.28 Å². The third-order valence-electron chi connectivity index (χ3n) is 6.88. The normalized spacial score (nSPS) is 25.6. The molecule has 0 amide bonds. The molecule has 1 saturated heterocycles. The molecule has 0 spiro atoms. The van der Waals surface area contributed by atoms with Gasteiger partial charge in [0.15, 0.2) is 28.8 Å². The van der Waals surface area contributed by atoms with Gasteiger partial charge in [-0.05, 0) is 17.2 Å². The lowest BCUT2D eigenvalue weighted by Crippen LogP contribution is -2.54. The number of rotatable bonds is 8. The highest BCUT2D eigenvalue weighted by Crippen LogP contribution is 2.41. The third-order valence-corrected chi connectivity index (χ3v) is 7.05. The summed E-state index contributed by atoms with van der Waals surface area (Å²) in [6.07, 6.45) is -1.00. The zero-order valence-corrected chi connectivity index (χ0v) is 22.0. The molecule has 5 rings (SSSR count). The fraction of sp³-hybridized carbons (Fsp3) is 0.360. The minimum absolute atomic E-state index is 0.0209. The summed E-state index contributed by atoms with van der Waals surface area (Å²) in [5, 5.41) is 41.8. The van der Waals surface area contributed by atoms with Crippen LogP contribution >= 0.6 is 11.6 Å². The Labute approximate surface area is 240 Å². The Morgan fingerprint density at radius 2 is 1.98 bits per heavy atom. The van der Waals surface area contributed by atoms with Gasteiger partial charge >= 0.3 is 17.9 Å². The van der Waals surface area contributed by atoms with Crippen molar-refractivity contribution in [3.8, 4) is 12.3 Å². The summed E-state index contributed by atoms with van der Waals surface area (Å²) in [5.41, 5.74) is -2.53. The summed E-state index contributed by atoms with van der Waals surface area (Å²) in [6.45, 7) is -1.02. The van der Waals surface area contributed by atoms with E-state index in [1.165, 1.54) is 23.0 Å². The molecule has 1 aromatic carbocycles. The van der Waals surface area contributed by atoms with E-state index in [1.54, 1.807) is 18.2 Å². The third kappa shape index (κ3) is 4.98. The fourth-order valence-electron chi connectivity index (χ4n) is 4.70. The number of fused-ring (bicyclic) bond motifs is 3. The number of terminal acetylenes is 1. The molecular formula is C25H22ClN5O11. The standard InChI is InChI=1S/C25H22ClN5O11/c1-2-24(38)16(33)20-31-10-27-15-18(28-23(26)29-19(15)31)30-42-14(32)8-13(17(24)41-20)39-11-40-25(21(34)35,22(36)37)9-12-6-4-3-5-7-12/h1,3-7,10,13,16-17,20,33,38H,8-9,11H2,(H,34,35)(H,36,37)(H,28,29,30)/t13?,16-,17+,20+,24-/m0/s1. The van der Waals surface area contributed by atoms with E-state index in [0.29, 0.717) is 5.56 Å². The number of anilines is 1. The van der Waals surface area contributed by atoms with E-state index >= 15 is 0 Å². The van der Waals surface area contributed by atoms with Crippen LogP contribution in [-0.2, 0) is 39.9 Å². The van der Waals surface area contributed by atoms with Crippen molar-refractivity contribution in [2.75, 3.05) is 12.3 Å². The molecule has 2 aliphatic rings. The first-order chi connectivity index (χ1) is 20.0. The van der Waals surface area contributed by atoms with E-state index in [2.05, 4.69) is 26.4 Å². The second-order valence-corrected chi connectivity index (χ2v) is 9.71. The second-order valence-electron chi connectivity index (χ2n) is 9.37. The Morgan fingerprint density at radius 1 is 1.26 bits per heavy atom. The smallest absolute Gasteiger partial charge is 0.348 e. The number of hydrogen-bond donors (Lipinski definition) is 5. The average molecular weight is 604 g/mol. The van der Waals surface area contributed by atoms with Crippen molar-refractivity contribution < 1.29 is 53.9 Å². The molecule has 16 nitrogen and oxygen atoms in total. The van der Waals surface area contributed by atoms with Gasteiger partial charge in [-0.2, -0.15) is 15.4 Å². The van der Waals surface area contributed by atoms with Crippen LogP contribution in [-0.4, -0.2) is 94.2 Å². The summed E-state index contributed by atoms with van der Waals surface area (Å²) in [5.74, 6) is -2.70. The lowest BCUT2D eigenvalue weighted by atomic mass is 9.88. The van der Waals surface area contributed by atoms with Gasteiger partial charge in [-0.3, -0.25) is 4.57 Å². The molecule has 6 bridgehead atoms. The van der Waals surface area contributed by atoms with Gasteiger partial charge in [0.1, 0.15) is 25.1 Å². The number of aliphatic hydroxyl groups excluding tert-OH is 1. The van der Waals surface area contributed by atoms with Crippen molar-refractivity contribution in [3.63, 3.8) is 0 Å². The SMILES string of the molecule is C#C[C@@]1(O)[C@@H]2O[C@H]([C@@H]1O)n1cnc3c(nc(Cl)nc31)NOC(=O)CC2OCOC(Cc1ccccc1)(C(=O)O)C(=O)O. The molecule has 4 heterocycles. The molecule has 17 heteroatoms. The lowest BCUT2D eigenvalue weighted by Gasteiger charge is -2.32. The number of imidazole rings is 1. The Morgan fingerprint density at radius 3 is 2.64 bits per heavy atom. The summed E-state index contributed by atoms with van der Waals surface area (Å²) >= 11 is 6.00. The quantitative estimate of drug-likeness (QED) is 0.0979. The van der Waals surface area contributed by atoms with E-state index in [9.17, 15) is 34.8 Å². The van der Waals surface area contributed by atoms with Gasteiger partial charge < -0.3 is 39.5 Å². The minimum Gasteiger partial charge on any atom is -0.479 e. The molecule has 2 aliphatic heterocycles. The monoisotopic (exact) mass is 603 g/mol. The highest BCUT2D eigenvalue weighted by atomic mass is 35.5. The summed E-state index contributed by atoms with van der Waals surface area (Å²) in [6, 6.07) is 7.87. The number of carboxylic acids is 2.